The van der Waals surface area contributed by atoms with Crippen LogP contribution in [0.1, 0.15) is 29.8 Å². The Balaban J connectivity index is 1.40. The summed E-state index contributed by atoms with van der Waals surface area (Å²) in [6.07, 6.45) is 1.96. The highest BCUT2D eigenvalue weighted by Crippen LogP contribution is 2.27. The molecule has 0 aliphatic carbocycles. The van der Waals surface area contributed by atoms with Gasteiger partial charge in [-0.25, -0.2) is 4.98 Å². The smallest absolute Gasteiger partial charge is 0.161 e. The van der Waals surface area contributed by atoms with Crippen molar-refractivity contribution < 1.29 is 14.2 Å². The van der Waals surface area contributed by atoms with E-state index >= 15 is 0 Å². The Morgan fingerprint density at radius 2 is 1.59 bits per heavy atom. The summed E-state index contributed by atoms with van der Waals surface area (Å²) < 4.78 is 19.7. The molecule has 1 aromatic heterocycles. The molecule has 0 spiro atoms. The van der Waals surface area contributed by atoms with Gasteiger partial charge in [-0.05, 0) is 62.6 Å². The topological polar surface area (TPSA) is 45.5 Å². The summed E-state index contributed by atoms with van der Waals surface area (Å²) in [5.41, 5.74) is 4.55. The molecule has 32 heavy (non-hydrogen) atoms. The van der Waals surface area contributed by atoms with Gasteiger partial charge in [0.15, 0.2) is 11.5 Å². The van der Waals surface area contributed by atoms with Crippen LogP contribution in [0.4, 0.5) is 0 Å². The molecule has 0 fully saturated rings. The molecule has 3 aromatic carbocycles. The van der Waals surface area contributed by atoms with Gasteiger partial charge in [0.1, 0.15) is 18.2 Å². The van der Waals surface area contributed by atoms with E-state index < -0.39 is 0 Å². The summed E-state index contributed by atoms with van der Waals surface area (Å²) in [4.78, 5) is 4.82. The molecule has 166 valence electrons. The molecule has 0 unspecified atom stereocenters. The van der Waals surface area contributed by atoms with Crippen molar-refractivity contribution in [3.8, 4) is 17.2 Å². The highest BCUT2D eigenvalue weighted by atomic mass is 16.5. The van der Waals surface area contributed by atoms with Crippen molar-refractivity contribution in [2.75, 3.05) is 13.7 Å². The first-order valence-electron chi connectivity index (χ1n) is 11.1. The number of rotatable bonds is 10. The number of imidazole rings is 1. The van der Waals surface area contributed by atoms with Crippen LogP contribution in [0, 0.1) is 13.8 Å². The van der Waals surface area contributed by atoms with Crippen LogP contribution in [0.5, 0.6) is 17.2 Å². The number of unbranched alkanes of at least 4 members (excludes halogenated alkanes) is 1. The fourth-order valence-corrected chi connectivity index (χ4v) is 3.88. The molecule has 0 N–H and O–H groups in total. The van der Waals surface area contributed by atoms with Crippen LogP contribution in [0.2, 0.25) is 0 Å². The number of hydrogen-bond donors (Lipinski definition) is 0. The summed E-state index contributed by atoms with van der Waals surface area (Å²) in [6, 6.07) is 22.2. The molecule has 0 radical (unpaired) electrons. The van der Waals surface area contributed by atoms with Crippen LogP contribution in [-0.4, -0.2) is 23.3 Å². The minimum absolute atomic E-state index is 0.383. The lowest BCUT2D eigenvalue weighted by molar-refractivity contribution is 0.269. The van der Waals surface area contributed by atoms with Crippen LogP contribution in [0.15, 0.2) is 66.7 Å². The van der Waals surface area contributed by atoms with Gasteiger partial charge in [0, 0.05) is 6.54 Å². The van der Waals surface area contributed by atoms with E-state index in [1.54, 1.807) is 7.11 Å². The number of para-hydroxylation sites is 4. The lowest BCUT2D eigenvalue weighted by Gasteiger charge is -2.13. The van der Waals surface area contributed by atoms with E-state index in [1.165, 1.54) is 11.1 Å². The number of aryl methyl sites for hydroxylation is 3. The van der Waals surface area contributed by atoms with Gasteiger partial charge in [-0.1, -0.05) is 42.0 Å². The molecule has 0 saturated carbocycles. The minimum atomic E-state index is 0.383. The van der Waals surface area contributed by atoms with Gasteiger partial charge in [0.25, 0.3) is 0 Å². The Hall–Kier alpha value is -3.47. The van der Waals surface area contributed by atoms with Gasteiger partial charge in [-0.15, -0.1) is 0 Å². The normalized spacial score (nSPS) is 11.0. The fourth-order valence-electron chi connectivity index (χ4n) is 3.88. The van der Waals surface area contributed by atoms with Crippen molar-refractivity contribution in [2.45, 2.75) is 39.8 Å². The monoisotopic (exact) mass is 430 g/mol. The van der Waals surface area contributed by atoms with Gasteiger partial charge in [0.05, 0.1) is 24.8 Å². The number of ether oxygens (including phenoxy) is 3. The van der Waals surface area contributed by atoms with Crippen LogP contribution >= 0.6 is 0 Å². The summed E-state index contributed by atoms with van der Waals surface area (Å²) in [5.74, 6) is 3.32. The van der Waals surface area contributed by atoms with Crippen LogP contribution in [0.3, 0.4) is 0 Å². The first kappa shape index (κ1) is 21.8. The third kappa shape index (κ3) is 5.05. The van der Waals surface area contributed by atoms with E-state index in [0.29, 0.717) is 13.2 Å². The largest absolute Gasteiger partial charge is 0.493 e. The molecule has 4 rings (SSSR count). The van der Waals surface area contributed by atoms with Crippen molar-refractivity contribution >= 4 is 11.0 Å². The average Bonchev–Trinajstić information content (AvgIpc) is 3.16. The number of nitrogens with zero attached hydrogens (tertiary/aromatic N) is 2. The van der Waals surface area contributed by atoms with Crippen LogP contribution in [0.25, 0.3) is 11.0 Å². The maximum absolute atomic E-state index is 6.06. The molecule has 0 aliphatic heterocycles. The van der Waals surface area contributed by atoms with E-state index in [-0.39, 0.29) is 0 Å². The quantitative estimate of drug-likeness (QED) is 0.285. The van der Waals surface area contributed by atoms with E-state index in [9.17, 15) is 0 Å². The van der Waals surface area contributed by atoms with E-state index in [4.69, 9.17) is 19.2 Å². The van der Waals surface area contributed by atoms with Crippen molar-refractivity contribution in [3.05, 3.63) is 83.7 Å². The summed E-state index contributed by atoms with van der Waals surface area (Å²) in [7, 11) is 1.65. The lowest BCUT2D eigenvalue weighted by Crippen LogP contribution is -2.09. The predicted molar refractivity (Wildman–Crippen MR) is 128 cm³/mol. The second kappa shape index (κ2) is 10.2. The number of methoxy groups -OCH3 is 1. The first-order chi connectivity index (χ1) is 15.7. The molecular weight excluding hydrogens is 400 g/mol. The minimum Gasteiger partial charge on any atom is -0.493 e. The molecule has 5 nitrogen and oxygen atoms in total. The highest BCUT2D eigenvalue weighted by Gasteiger charge is 2.12. The Kier molecular flexibility index (Phi) is 6.95. The Morgan fingerprint density at radius 1 is 0.812 bits per heavy atom. The number of aromatic nitrogens is 2. The molecule has 0 amide bonds. The van der Waals surface area contributed by atoms with E-state index in [0.717, 1.165) is 53.5 Å². The first-order valence-corrected chi connectivity index (χ1v) is 11.1. The Bertz CT molecular complexity index is 1180. The Labute approximate surface area is 189 Å². The zero-order chi connectivity index (χ0) is 22.3. The number of benzene rings is 3. The third-order valence-corrected chi connectivity index (χ3v) is 5.52. The molecular formula is C27H30N2O3. The van der Waals surface area contributed by atoms with Crippen LogP contribution in [-0.2, 0) is 13.2 Å². The van der Waals surface area contributed by atoms with Gasteiger partial charge in [-0.3, -0.25) is 0 Å². The van der Waals surface area contributed by atoms with E-state index in [1.807, 2.05) is 36.4 Å². The highest BCUT2D eigenvalue weighted by molar-refractivity contribution is 5.75. The molecule has 0 aliphatic rings. The maximum Gasteiger partial charge on any atom is 0.161 e. The van der Waals surface area contributed by atoms with Gasteiger partial charge >= 0.3 is 0 Å². The Morgan fingerprint density at radius 3 is 2.41 bits per heavy atom. The number of fused-ring (bicyclic) bond motifs is 1. The fraction of sp³-hybridized carbons (Fsp3) is 0.296. The molecule has 0 bridgehead atoms. The lowest BCUT2D eigenvalue weighted by atomic mass is 10.1. The molecule has 0 saturated heterocycles. The number of hydrogen-bond acceptors (Lipinski definition) is 4. The predicted octanol–water partition coefficient (Wildman–Crippen LogP) is 6.10. The van der Waals surface area contributed by atoms with Crippen molar-refractivity contribution in [1.82, 2.24) is 9.55 Å². The average molecular weight is 431 g/mol. The van der Waals surface area contributed by atoms with Crippen molar-refractivity contribution in [3.63, 3.8) is 0 Å². The van der Waals surface area contributed by atoms with Gasteiger partial charge < -0.3 is 18.8 Å². The second-order valence-corrected chi connectivity index (χ2v) is 7.93. The second-order valence-electron chi connectivity index (χ2n) is 7.93. The van der Waals surface area contributed by atoms with E-state index in [2.05, 4.69) is 48.7 Å². The summed E-state index contributed by atoms with van der Waals surface area (Å²) in [5, 5.41) is 0. The molecule has 1 heterocycles. The van der Waals surface area contributed by atoms with Gasteiger partial charge in [0.2, 0.25) is 0 Å². The van der Waals surface area contributed by atoms with Crippen molar-refractivity contribution in [2.24, 2.45) is 0 Å². The molecule has 0 atom stereocenters. The zero-order valence-electron chi connectivity index (χ0n) is 19.0. The van der Waals surface area contributed by atoms with Gasteiger partial charge in [-0.2, -0.15) is 0 Å². The molecule has 5 heteroatoms. The van der Waals surface area contributed by atoms with Crippen molar-refractivity contribution in [1.29, 1.82) is 0 Å². The SMILES string of the molecule is COc1ccccc1OCc1nc2ccccc2n1CCCCOc1ccc(C)cc1C. The zero-order valence-corrected chi connectivity index (χ0v) is 19.0. The third-order valence-electron chi connectivity index (χ3n) is 5.52. The maximum atomic E-state index is 6.06. The summed E-state index contributed by atoms with van der Waals surface area (Å²) >= 11 is 0. The standard InChI is InChI=1S/C27H30N2O3/c1-20-14-15-24(21(2)18-20)31-17-9-8-16-29-23-11-5-4-10-22(23)28-27(29)19-32-26-13-7-6-12-25(26)30-3/h4-7,10-15,18H,8-9,16-17,19H2,1-3H3. The molecule has 4 aromatic rings. The summed E-state index contributed by atoms with van der Waals surface area (Å²) in [6.45, 7) is 6.13. The van der Waals surface area contributed by atoms with Crippen LogP contribution < -0.4 is 14.2 Å².